The fourth-order valence-electron chi connectivity index (χ4n) is 2.45. The summed E-state index contributed by atoms with van der Waals surface area (Å²) in [6, 6.07) is 3.81. The summed E-state index contributed by atoms with van der Waals surface area (Å²) in [5, 5.41) is 15.0. The number of esters is 1. The zero-order valence-electron chi connectivity index (χ0n) is 12.8. The van der Waals surface area contributed by atoms with Crippen LogP contribution in [0, 0.1) is 0 Å². The number of aromatic nitrogens is 4. The second-order valence-corrected chi connectivity index (χ2v) is 4.77. The maximum atomic E-state index is 12.1. The molecule has 0 amide bonds. The number of ether oxygens (including phenoxy) is 2. The first-order valence-electron chi connectivity index (χ1n) is 7.17. The highest BCUT2D eigenvalue weighted by Gasteiger charge is 2.20. The molecule has 0 unspecified atom stereocenters. The maximum absolute atomic E-state index is 12.1. The molecule has 0 saturated carbocycles. The van der Waals surface area contributed by atoms with Gasteiger partial charge in [0.1, 0.15) is 5.52 Å². The molecule has 1 N–H and O–H groups in total. The van der Waals surface area contributed by atoms with Crippen molar-refractivity contribution in [3.05, 3.63) is 24.0 Å². The predicted molar refractivity (Wildman–Crippen MR) is 82.4 cm³/mol. The van der Waals surface area contributed by atoms with Crippen LogP contribution in [0.4, 0.5) is 0 Å². The van der Waals surface area contributed by atoms with Crippen molar-refractivity contribution in [2.24, 2.45) is 0 Å². The molecule has 3 aromatic rings. The average Bonchev–Trinajstić information content (AvgIpc) is 2.94. The van der Waals surface area contributed by atoms with Crippen molar-refractivity contribution in [2.45, 2.75) is 13.5 Å². The van der Waals surface area contributed by atoms with Crippen LogP contribution in [0.1, 0.15) is 17.4 Å². The van der Waals surface area contributed by atoms with E-state index in [1.54, 1.807) is 23.9 Å². The van der Waals surface area contributed by atoms with Crippen LogP contribution in [-0.2, 0) is 11.3 Å². The van der Waals surface area contributed by atoms with Gasteiger partial charge in [-0.05, 0) is 13.0 Å². The van der Waals surface area contributed by atoms with Crippen molar-refractivity contribution in [3.8, 4) is 6.01 Å². The number of hydrogen-bond acceptors (Lipinski definition) is 7. The highest BCUT2D eigenvalue weighted by Crippen LogP contribution is 2.27. The van der Waals surface area contributed by atoms with E-state index in [0.29, 0.717) is 16.4 Å². The molecule has 3 rings (SSSR count). The lowest BCUT2D eigenvalue weighted by molar-refractivity contribution is 0.0520. The standard InChI is InChI=1S/C15H16N4O4/c1-3-23-14(21)12-10-5-4-9-8-16-15(22-2)17-11(9)13(10)19(18-12)6-7-20/h4-5,8,20H,3,6-7H2,1-2H3. The second kappa shape index (κ2) is 6.17. The van der Waals surface area contributed by atoms with E-state index in [1.165, 1.54) is 7.11 Å². The third-order valence-electron chi connectivity index (χ3n) is 3.40. The molecule has 0 aliphatic carbocycles. The highest BCUT2D eigenvalue weighted by atomic mass is 16.5. The Labute approximate surface area is 131 Å². The van der Waals surface area contributed by atoms with Crippen LogP contribution in [0.2, 0.25) is 0 Å². The fraction of sp³-hybridized carbons (Fsp3) is 0.333. The van der Waals surface area contributed by atoms with E-state index in [0.717, 1.165) is 5.39 Å². The van der Waals surface area contributed by atoms with Crippen LogP contribution in [0.3, 0.4) is 0 Å². The molecular formula is C15H16N4O4. The summed E-state index contributed by atoms with van der Waals surface area (Å²) in [4.78, 5) is 20.5. The van der Waals surface area contributed by atoms with Gasteiger partial charge in [0.15, 0.2) is 5.69 Å². The predicted octanol–water partition coefficient (Wildman–Crippen LogP) is 1.16. The molecule has 0 spiro atoms. The minimum absolute atomic E-state index is 0.113. The van der Waals surface area contributed by atoms with Gasteiger partial charge in [-0.3, -0.25) is 4.68 Å². The molecule has 2 aromatic heterocycles. The van der Waals surface area contributed by atoms with E-state index in [2.05, 4.69) is 15.1 Å². The molecule has 0 fully saturated rings. The van der Waals surface area contributed by atoms with Gasteiger partial charge in [-0.1, -0.05) is 6.07 Å². The summed E-state index contributed by atoms with van der Waals surface area (Å²) in [6.45, 7) is 2.12. The topological polar surface area (TPSA) is 99.4 Å². The van der Waals surface area contributed by atoms with Crippen LogP contribution < -0.4 is 4.74 Å². The first kappa shape index (κ1) is 15.2. The van der Waals surface area contributed by atoms with Crippen molar-refractivity contribution in [3.63, 3.8) is 0 Å². The number of hydrogen-bond donors (Lipinski definition) is 1. The zero-order valence-corrected chi connectivity index (χ0v) is 12.8. The minimum atomic E-state index is -0.505. The number of aliphatic hydroxyl groups is 1. The summed E-state index contributed by atoms with van der Waals surface area (Å²) in [7, 11) is 1.48. The fourth-order valence-corrected chi connectivity index (χ4v) is 2.45. The van der Waals surface area contributed by atoms with Crippen LogP contribution in [0.5, 0.6) is 6.01 Å². The number of fused-ring (bicyclic) bond motifs is 3. The van der Waals surface area contributed by atoms with Gasteiger partial charge in [-0.15, -0.1) is 0 Å². The quantitative estimate of drug-likeness (QED) is 0.705. The lowest BCUT2D eigenvalue weighted by atomic mass is 10.1. The number of carbonyl (C=O) groups is 1. The summed E-state index contributed by atoms with van der Waals surface area (Å²) >= 11 is 0. The number of rotatable bonds is 5. The first-order valence-corrected chi connectivity index (χ1v) is 7.17. The van der Waals surface area contributed by atoms with Gasteiger partial charge >= 0.3 is 12.0 Å². The minimum Gasteiger partial charge on any atom is -0.467 e. The third kappa shape index (κ3) is 2.57. The Balaban J connectivity index is 2.33. The zero-order chi connectivity index (χ0) is 16.4. The number of benzene rings is 1. The Morgan fingerprint density at radius 2 is 2.22 bits per heavy atom. The van der Waals surface area contributed by atoms with Crippen molar-refractivity contribution < 1.29 is 19.4 Å². The Kier molecular flexibility index (Phi) is 4.07. The molecule has 0 aliphatic rings. The van der Waals surface area contributed by atoms with Gasteiger partial charge in [0.05, 0.1) is 32.4 Å². The van der Waals surface area contributed by atoms with Gasteiger partial charge in [-0.2, -0.15) is 10.1 Å². The van der Waals surface area contributed by atoms with E-state index in [4.69, 9.17) is 9.47 Å². The largest absolute Gasteiger partial charge is 0.467 e. The smallest absolute Gasteiger partial charge is 0.359 e. The number of methoxy groups -OCH3 is 1. The Hall–Kier alpha value is -2.74. The number of aliphatic hydroxyl groups excluding tert-OH is 1. The van der Waals surface area contributed by atoms with Crippen molar-refractivity contribution in [1.82, 2.24) is 19.7 Å². The van der Waals surface area contributed by atoms with Crippen LogP contribution in [0.15, 0.2) is 18.3 Å². The Morgan fingerprint density at radius 1 is 1.39 bits per heavy atom. The van der Waals surface area contributed by atoms with Crippen LogP contribution >= 0.6 is 0 Å². The second-order valence-electron chi connectivity index (χ2n) is 4.77. The molecule has 0 radical (unpaired) electrons. The highest BCUT2D eigenvalue weighted by molar-refractivity contribution is 6.10. The van der Waals surface area contributed by atoms with E-state index in [9.17, 15) is 9.90 Å². The summed E-state index contributed by atoms with van der Waals surface area (Å²) < 4.78 is 11.7. The SMILES string of the molecule is CCOC(=O)c1nn(CCO)c2c1ccc1cnc(OC)nc12. The molecule has 0 atom stereocenters. The Bertz CT molecular complexity index is 875. The van der Waals surface area contributed by atoms with Gasteiger partial charge in [0.25, 0.3) is 0 Å². The Morgan fingerprint density at radius 3 is 2.91 bits per heavy atom. The molecule has 8 nitrogen and oxygen atoms in total. The summed E-state index contributed by atoms with van der Waals surface area (Å²) in [6.07, 6.45) is 1.64. The molecular weight excluding hydrogens is 300 g/mol. The van der Waals surface area contributed by atoms with Gasteiger partial charge in [0.2, 0.25) is 0 Å². The van der Waals surface area contributed by atoms with E-state index >= 15 is 0 Å². The van der Waals surface area contributed by atoms with E-state index in [-0.39, 0.29) is 31.5 Å². The van der Waals surface area contributed by atoms with Gasteiger partial charge in [0, 0.05) is 17.0 Å². The number of carbonyl (C=O) groups excluding carboxylic acids is 1. The molecule has 8 heteroatoms. The molecule has 23 heavy (non-hydrogen) atoms. The van der Waals surface area contributed by atoms with Gasteiger partial charge < -0.3 is 14.6 Å². The lowest BCUT2D eigenvalue weighted by Gasteiger charge is -2.05. The molecule has 0 saturated heterocycles. The molecule has 0 bridgehead atoms. The number of nitrogens with zero attached hydrogens (tertiary/aromatic N) is 4. The summed E-state index contributed by atoms with van der Waals surface area (Å²) in [5.41, 5.74) is 1.45. The van der Waals surface area contributed by atoms with Gasteiger partial charge in [-0.25, -0.2) is 9.78 Å². The molecule has 120 valence electrons. The van der Waals surface area contributed by atoms with E-state index < -0.39 is 5.97 Å². The average molecular weight is 316 g/mol. The normalized spacial score (nSPS) is 11.1. The monoisotopic (exact) mass is 316 g/mol. The first-order chi connectivity index (χ1) is 11.2. The molecule has 0 aliphatic heterocycles. The lowest BCUT2D eigenvalue weighted by Crippen LogP contribution is -2.09. The van der Waals surface area contributed by atoms with Crippen molar-refractivity contribution in [1.29, 1.82) is 0 Å². The van der Waals surface area contributed by atoms with E-state index in [1.807, 2.05) is 6.07 Å². The van der Waals surface area contributed by atoms with Crippen molar-refractivity contribution >= 4 is 27.8 Å². The summed E-state index contributed by atoms with van der Waals surface area (Å²) in [5.74, 6) is -0.505. The van der Waals surface area contributed by atoms with Crippen molar-refractivity contribution in [2.75, 3.05) is 20.3 Å². The third-order valence-corrected chi connectivity index (χ3v) is 3.40. The maximum Gasteiger partial charge on any atom is 0.359 e. The van der Waals surface area contributed by atoms with Crippen LogP contribution in [-0.4, -0.2) is 51.1 Å². The molecule has 2 heterocycles. The van der Waals surface area contributed by atoms with Crippen LogP contribution in [0.25, 0.3) is 21.8 Å². The molecule has 1 aromatic carbocycles.